The van der Waals surface area contributed by atoms with E-state index >= 15 is 0 Å². The van der Waals surface area contributed by atoms with Crippen molar-refractivity contribution >= 4 is 44.6 Å². The van der Waals surface area contributed by atoms with Gasteiger partial charge in [-0.1, -0.05) is 22.4 Å². The summed E-state index contributed by atoms with van der Waals surface area (Å²) >= 11 is 3.39. The Bertz CT molecular complexity index is 861. The highest BCUT2D eigenvalue weighted by Gasteiger charge is 2.21. The Hall–Kier alpha value is -2.35. The smallest absolute Gasteiger partial charge is 0.305 e. The first-order chi connectivity index (χ1) is 12.5. The molecular formula is C18H20BrN3O4. The normalized spacial score (nSPS) is 15.0. The lowest BCUT2D eigenvalue weighted by molar-refractivity contribution is -0.135. The van der Waals surface area contributed by atoms with Crippen LogP contribution in [0.25, 0.3) is 11.0 Å². The number of likely N-dealkylation sites (tertiary alicyclic amines) is 1. The van der Waals surface area contributed by atoms with Crippen molar-refractivity contribution in [2.75, 3.05) is 13.1 Å². The molecule has 2 aromatic rings. The fourth-order valence-electron chi connectivity index (χ4n) is 3.01. The number of rotatable bonds is 3. The van der Waals surface area contributed by atoms with E-state index in [2.05, 4.69) is 26.8 Å². The summed E-state index contributed by atoms with van der Waals surface area (Å²) in [5.74, 6) is -0.859. The molecule has 0 bridgehead atoms. The van der Waals surface area contributed by atoms with Gasteiger partial charge in [-0.05, 0) is 38.0 Å². The molecule has 1 aromatic carbocycles. The highest BCUT2D eigenvalue weighted by Crippen LogP contribution is 2.27. The highest BCUT2D eigenvalue weighted by molar-refractivity contribution is 9.10. The van der Waals surface area contributed by atoms with Crippen LogP contribution in [0, 0.1) is 6.92 Å². The summed E-state index contributed by atoms with van der Waals surface area (Å²) in [7, 11) is 0. The average molecular weight is 422 g/mol. The zero-order valence-corrected chi connectivity index (χ0v) is 16.0. The quantitative estimate of drug-likeness (QED) is 0.745. The molecule has 0 aliphatic carbocycles. The molecule has 7 nitrogen and oxygen atoms in total. The maximum atomic E-state index is 12.3. The average Bonchev–Trinajstić information content (AvgIpc) is 2.80. The second-order valence-corrected chi connectivity index (χ2v) is 7.24. The summed E-state index contributed by atoms with van der Waals surface area (Å²) in [5, 5.41) is 0.825. The number of furan rings is 1. The predicted molar refractivity (Wildman–Crippen MR) is 99.3 cm³/mol. The van der Waals surface area contributed by atoms with E-state index in [0.717, 1.165) is 29.1 Å². The second-order valence-electron chi connectivity index (χ2n) is 6.32. The fraction of sp³-hybridized carbons (Fsp3) is 0.389. The minimum Gasteiger partial charge on any atom is -0.451 e. The summed E-state index contributed by atoms with van der Waals surface area (Å²) in [6.07, 6.45) is 3.20. The number of hydrogen-bond donors (Lipinski definition) is 2. The monoisotopic (exact) mass is 421 g/mol. The first-order valence-corrected chi connectivity index (χ1v) is 9.30. The van der Waals surface area contributed by atoms with Gasteiger partial charge < -0.3 is 9.32 Å². The van der Waals surface area contributed by atoms with Gasteiger partial charge in [-0.2, -0.15) is 0 Å². The molecule has 0 radical (unpaired) electrons. The Labute approximate surface area is 159 Å². The Balaban J connectivity index is 1.61. The van der Waals surface area contributed by atoms with Crippen molar-refractivity contribution in [3.63, 3.8) is 0 Å². The molecule has 0 spiro atoms. The topological polar surface area (TPSA) is 91.7 Å². The number of hydrazine groups is 1. The summed E-state index contributed by atoms with van der Waals surface area (Å²) < 4.78 is 6.47. The van der Waals surface area contributed by atoms with E-state index in [0.29, 0.717) is 24.1 Å². The maximum absolute atomic E-state index is 12.3. The fourth-order valence-corrected chi connectivity index (χ4v) is 3.37. The molecule has 3 amide bonds. The Morgan fingerprint density at radius 2 is 2.04 bits per heavy atom. The number of amides is 3. The summed E-state index contributed by atoms with van der Waals surface area (Å²) in [6, 6.07) is 5.47. The molecule has 26 heavy (non-hydrogen) atoms. The molecule has 1 aliphatic heterocycles. The zero-order chi connectivity index (χ0) is 18.7. The van der Waals surface area contributed by atoms with E-state index in [-0.39, 0.29) is 18.2 Å². The molecule has 8 heteroatoms. The van der Waals surface area contributed by atoms with Crippen LogP contribution in [0.15, 0.2) is 27.1 Å². The summed E-state index contributed by atoms with van der Waals surface area (Å²) in [6.45, 7) is 2.29. The third kappa shape index (κ3) is 4.07. The predicted octanol–water partition coefficient (Wildman–Crippen LogP) is 2.67. The van der Waals surface area contributed by atoms with E-state index < -0.39 is 11.8 Å². The SMILES string of the molecule is Cc1c(C(=O)NNC(=O)CN2CCCCCC2=O)oc2ccc(Br)cc12. The van der Waals surface area contributed by atoms with Crippen LogP contribution in [0.2, 0.25) is 0 Å². The van der Waals surface area contributed by atoms with Gasteiger partial charge in [0.1, 0.15) is 12.1 Å². The van der Waals surface area contributed by atoms with Crippen molar-refractivity contribution in [2.24, 2.45) is 0 Å². The number of fused-ring (bicyclic) bond motifs is 1. The molecule has 0 unspecified atom stereocenters. The molecule has 0 saturated carbocycles. The number of carbonyl (C=O) groups is 3. The van der Waals surface area contributed by atoms with Gasteiger partial charge in [-0.25, -0.2) is 0 Å². The van der Waals surface area contributed by atoms with Crippen molar-refractivity contribution in [3.8, 4) is 0 Å². The molecule has 2 heterocycles. The number of nitrogens with zero attached hydrogens (tertiary/aromatic N) is 1. The van der Waals surface area contributed by atoms with E-state index in [4.69, 9.17) is 4.42 Å². The van der Waals surface area contributed by atoms with Crippen LogP contribution in [0.4, 0.5) is 0 Å². The molecule has 1 aliphatic rings. The van der Waals surface area contributed by atoms with Gasteiger partial charge in [0, 0.05) is 28.4 Å². The Kier molecular flexibility index (Phi) is 5.61. The van der Waals surface area contributed by atoms with Gasteiger partial charge in [0.05, 0.1) is 0 Å². The van der Waals surface area contributed by atoms with Gasteiger partial charge in [-0.15, -0.1) is 0 Å². The Morgan fingerprint density at radius 1 is 1.23 bits per heavy atom. The van der Waals surface area contributed by atoms with Crippen molar-refractivity contribution in [1.29, 1.82) is 0 Å². The third-order valence-electron chi connectivity index (χ3n) is 4.43. The van der Waals surface area contributed by atoms with E-state index in [1.54, 1.807) is 13.0 Å². The van der Waals surface area contributed by atoms with Gasteiger partial charge in [0.2, 0.25) is 5.91 Å². The van der Waals surface area contributed by atoms with Crippen LogP contribution >= 0.6 is 15.9 Å². The molecule has 1 saturated heterocycles. The lowest BCUT2D eigenvalue weighted by Gasteiger charge is -2.19. The summed E-state index contributed by atoms with van der Waals surface area (Å²) in [5.41, 5.74) is 5.99. The van der Waals surface area contributed by atoms with Crippen LogP contribution in [0.3, 0.4) is 0 Å². The highest BCUT2D eigenvalue weighted by atomic mass is 79.9. The van der Waals surface area contributed by atoms with Gasteiger partial charge in [0.25, 0.3) is 5.91 Å². The van der Waals surface area contributed by atoms with E-state index in [1.807, 2.05) is 12.1 Å². The second kappa shape index (κ2) is 7.90. The lowest BCUT2D eigenvalue weighted by Crippen LogP contribution is -2.47. The standard InChI is InChI=1S/C18H20BrN3O4/c1-11-13-9-12(19)6-7-14(13)26-17(11)18(25)21-20-15(23)10-22-8-4-2-3-5-16(22)24/h6-7,9H,2-5,8,10H2,1H3,(H,20,23)(H,21,25). The van der Waals surface area contributed by atoms with Crippen LogP contribution in [0.1, 0.15) is 41.8 Å². The zero-order valence-electron chi connectivity index (χ0n) is 14.4. The van der Waals surface area contributed by atoms with Crippen LogP contribution in [-0.4, -0.2) is 35.7 Å². The first kappa shape index (κ1) is 18.4. The molecular weight excluding hydrogens is 402 g/mol. The number of halogens is 1. The summed E-state index contributed by atoms with van der Waals surface area (Å²) in [4.78, 5) is 37.8. The van der Waals surface area contributed by atoms with Gasteiger partial charge in [-0.3, -0.25) is 25.2 Å². The first-order valence-electron chi connectivity index (χ1n) is 8.51. The minimum absolute atomic E-state index is 0.0253. The lowest BCUT2D eigenvalue weighted by atomic mass is 10.1. The number of nitrogens with one attached hydrogen (secondary N) is 2. The van der Waals surface area contributed by atoms with Crippen molar-refractivity contribution in [1.82, 2.24) is 15.8 Å². The molecule has 1 aromatic heterocycles. The number of carbonyl (C=O) groups excluding carboxylic acids is 3. The number of aryl methyl sites for hydroxylation is 1. The molecule has 138 valence electrons. The largest absolute Gasteiger partial charge is 0.451 e. The molecule has 2 N–H and O–H groups in total. The van der Waals surface area contributed by atoms with E-state index in [9.17, 15) is 14.4 Å². The number of benzene rings is 1. The van der Waals surface area contributed by atoms with E-state index in [1.165, 1.54) is 4.90 Å². The Morgan fingerprint density at radius 3 is 2.85 bits per heavy atom. The molecule has 1 fully saturated rings. The number of hydrogen-bond acceptors (Lipinski definition) is 4. The van der Waals surface area contributed by atoms with Crippen molar-refractivity contribution < 1.29 is 18.8 Å². The van der Waals surface area contributed by atoms with Crippen molar-refractivity contribution in [2.45, 2.75) is 32.6 Å². The molecule has 3 rings (SSSR count). The van der Waals surface area contributed by atoms with Crippen LogP contribution in [-0.2, 0) is 9.59 Å². The van der Waals surface area contributed by atoms with Gasteiger partial charge >= 0.3 is 5.91 Å². The molecule has 0 atom stereocenters. The van der Waals surface area contributed by atoms with Gasteiger partial charge in [0.15, 0.2) is 5.76 Å². The van der Waals surface area contributed by atoms with Crippen molar-refractivity contribution in [3.05, 3.63) is 34.0 Å². The third-order valence-corrected chi connectivity index (χ3v) is 4.92. The maximum Gasteiger partial charge on any atom is 0.305 e. The van der Waals surface area contributed by atoms with Crippen LogP contribution < -0.4 is 10.9 Å². The minimum atomic E-state index is -0.537. The van der Waals surface area contributed by atoms with Crippen LogP contribution in [0.5, 0.6) is 0 Å².